The second kappa shape index (κ2) is 6.80. The standard InChI is InChI=1S/C18H34N2S/c1-14(2)16-12-19-18(10-5-4-6-11-18)13-20(16)15-8-7-9-17(15)21-3/h14-17,19H,4-13H2,1-3H3. The van der Waals surface area contributed by atoms with Crippen molar-refractivity contribution in [2.45, 2.75) is 88.1 Å². The lowest BCUT2D eigenvalue weighted by Gasteiger charge is -2.53. The summed E-state index contributed by atoms with van der Waals surface area (Å²) >= 11 is 2.12. The molecule has 3 aliphatic rings. The SMILES string of the molecule is CSC1CCCC1N1CC2(CCCCC2)NCC1C(C)C. The molecule has 1 aliphatic heterocycles. The Hall–Kier alpha value is 0.270. The number of hydrogen-bond acceptors (Lipinski definition) is 3. The lowest BCUT2D eigenvalue weighted by Crippen LogP contribution is -2.68. The lowest BCUT2D eigenvalue weighted by atomic mass is 9.78. The van der Waals surface area contributed by atoms with Crippen molar-refractivity contribution >= 4 is 11.8 Å². The maximum atomic E-state index is 4.00. The molecule has 3 fully saturated rings. The summed E-state index contributed by atoms with van der Waals surface area (Å²) < 4.78 is 0. The van der Waals surface area contributed by atoms with Crippen LogP contribution in [-0.2, 0) is 0 Å². The first-order chi connectivity index (χ1) is 10.2. The van der Waals surface area contributed by atoms with E-state index in [0.29, 0.717) is 5.54 Å². The zero-order valence-corrected chi connectivity index (χ0v) is 15.1. The van der Waals surface area contributed by atoms with Crippen LogP contribution in [0.15, 0.2) is 0 Å². The minimum absolute atomic E-state index is 0.454. The molecule has 0 aromatic heterocycles. The molecule has 3 rings (SSSR count). The van der Waals surface area contributed by atoms with Crippen molar-refractivity contribution < 1.29 is 0 Å². The minimum Gasteiger partial charge on any atom is -0.308 e. The average molecular weight is 311 g/mol. The number of rotatable bonds is 3. The van der Waals surface area contributed by atoms with Gasteiger partial charge in [0.25, 0.3) is 0 Å². The van der Waals surface area contributed by atoms with Crippen molar-refractivity contribution in [3.8, 4) is 0 Å². The molecule has 2 saturated carbocycles. The Labute approximate surface area is 135 Å². The van der Waals surface area contributed by atoms with E-state index in [-0.39, 0.29) is 0 Å². The second-order valence-electron chi connectivity index (χ2n) is 7.98. The minimum atomic E-state index is 0.454. The van der Waals surface area contributed by atoms with Gasteiger partial charge < -0.3 is 5.32 Å². The van der Waals surface area contributed by atoms with E-state index in [4.69, 9.17) is 0 Å². The van der Waals surface area contributed by atoms with Crippen LogP contribution in [0.2, 0.25) is 0 Å². The molecule has 2 nitrogen and oxygen atoms in total. The van der Waals surface area contributed by atoms with Crippen molar-refractivity contribution in [1.82, 2.24) is 10.2 Å². The molecule has 3 heteroatoms. The highest BCUT2D eigenvalue weighted by molar-refractivity contribution is 7.99. The van der Waals surface area contributed by atoms with Crippen LogP contribution in [-0.4, -0.2) is 47.1 Å². The van der Waals surface area contributed by atoms with Crippen LogP contribution in [0.5, 0.6) is 0 Å². The van der Waals surface area contributed by atoms with Gasteiger partial charge in [-0.25, -0.2) is 0 Å². The van der Waals surface area contributed by atoms with Crippen LogP contribution in [0.3, 0.4) is 0 Å². The molecule has 1 saturated heterocycles. The number of piperazine rings is 1. The molecule has 3 unspecified atom stereocenters. The van der Waals surface area contributed by atoms with Gasteiger partial charge in [0.1, 0.15) is 0 Å². The Kier molecular flexibility index (Phi) is 5.23. The van der Waals surface area contributed by atoms with E-state index in [1.54, 1.807) is 0 Å². The summed E-state index contributed by atoms with van der Waals surface area (Å²) in [6.07, 6.45) is 13.8. The van der Waals surface area contributed by atoms with Gasteiger partial charge in [0.15, 0.2) is 0 Å². The highest BCUT2D eigenvalue weighted by Crippen LogP contribution is 2.39. The van der Waals surface area contributed by atoms with Crippen molar-refractivity contribution in [3.05, 3.63) is 0 Å². The molecular formula is C18H34N2S. The van der Waals surface area contributed by atoms with Gasteiger partial charge in [0, 0.05) is 36.0 Å². The van der Waals surface area contributed by atoms with Crippen LogP contribution in [0, 0.1) is 5.92 Å². The van der Waals surface area contributed by atoms with Gasteiger partial charge in [-0.2, -0.15) is 11.8 Å². The largest absolute Gasteiger partial charge is 0.308 e. The summed E-state index contributed by atoms with van der Waals surface area (Å²) in [5.41, 5.74) is 0.454. The summed E-state index contributed by atoms with van der Waals surface area (Å²) in [5, 5.41) is 4.88. The predicted octanol–water partition coefficient (Wildman–Crippen LogP) is 3.90. The number of hydrogen-bond donors (Lipinski definition) is 1. The average Bonchev–Trinajstić information content (AvgIpc) is 2.96. The number of nitrogens with one attached hydrogen (secondary N) is 1. The molecule has 1 N–H and O–H groups in total. The summed E-state index contributed by atoms with van der Waals surface area (Å²) in [5.74, 6) is 0.765. The van der Waals surface area contributed by atoms with E-state index in [1.165, 1.54) is 64.5 Å². The van der Waals surface area contributed by atoms with E-state index in [0.717, 1.165) is 23.3 Å². The van der Waals surface area contributed by atoms with Crippen molar-refractivity contribution in [1.29, 1.82) is 0 Å². The molecular weight excluding hydrogens is 276 g/mol. The van der Waals surface area contributed by atoms with Crippen LogP contribution in [0.1, 0.15) is 65.2 Å². The number of thioether (sulfide) groups is 1. The van der Waals surface area contributed by atoms with Gasteiger partial charge >= 0.3 is 0 Å². The topological polar surface area (TPSA) is 15.3 Å². The maximum Gasteiger partial charge on any atom is 0.0309 e. The third-order valence-electron chi connectivity index (χ3n) is 6.32. The Morgan fingerprint density at radius 2 is 1.86 bits per heavy atom. The Morgan fingerprint density at radius 1 is 1.10 bits per heavy atom. The van der Waals surface area contributed by atoms with Crippen molar-refractivity contribution in [2.75, 3.05) is 19.3 Å². The van der Waals surface area contributed by atoms with Crippen LogP contribution in [0.4, 0.5) is 0 Å². The zero-order chi connectivity index (χ0) is 14.9. The second-order valence-corrected chi connectivity index (χ2v) is 9.05. The van der Waals surface area contributed by atoms with Gasteiger partial charge in [0.2, 0.25) is 0 Å². The Morgan fingerprint density at radius 3 is 2.52 bits per heavy atom. The third kappa shape index (κ3) is 3.30. The molecule has 0 amide bonds. The molecule has 122 valence electrons. The lowest BCUT2D eigenvalue weighted by molar-refractivity contribution is 0.00919. The van der Waals surface area contributed by atoms with Crippen molar-refractivity contribution in [3.63, 3.8) is 0 Å². The van der Waals surface area contributed by atoms with Crippen LogP contribution >= 0.6 is 11.8 Å². The fourth-order valence-corrected chi connectivity index (χ4v) is 6.08. The normalized spacial score (nSPS) is 37.4. The molecule has 1 spiro atoms. The van der Waals surface area contributed by atoms with E-state index in [1.807, 2.05) is 0 Å². The first-order valence-corrected chi connectivity index (χ1v) is 10.5. The molecule has 1 heterocycles. The highest BCUT2D eigenvalue weighted by Gasteiger charge is 2.45. The fourth-order valence-electron chi connectivity index (χ4n) is 5.07. The third-order valence-corrected chi connectivity index (χ3v) is 7.48. The summed E-state index contributed by atoms with van der Waals surface area (Å²) in [7, 11) is 0. The Balaban J connectivity index is 1.77. The molecule has 0 bridgehead atoms. The molecule has 0 aromatic carbocycles. The first-order valence-electron chi connectivity index (χ1n) is 9.19. The highest BCUT2D eigenvalue weighted by atomic mass is 32.2. The quantitative estimate of drug-likeness (QED) is 0.851. The predicted molar refractivity (Wildman–Crippen MR) is 94.1 cm³/mol. The summed E-state index contributed by atoms with van der Waals surface area (Å²) in [6, 6.07) is 1.59. The molecule has 0 aromatic rings. The van der Waals surface area contributed by atoms with Crippen LogP contribution < -0.4 is 5.32 Å². The summed E-state index contributed by atoms with van der Waals surface area (Å²) in [4.78, 5) is 2.96. The number of nitrogens with zero attached hydrogens (tertiary/aromatic N) is 1. The van der Waals surface area contributed by atoms with Crippen molar-refractivity contribution in [2.24, 2.45) is 5.92 Å². The van der Waals surface area contributed by atoms with Crippen LogP contribution in [0.25, 0.3) is 0 Å². The smallest absolute Gasteiger partial charge is 0.0309 e. The molecule has 21 heavy (non-hydrogen) atoms. The summed E-state index contributed by atoms with van der Waals surface area (Å²) in [6.45, 7) is 7.37. The van der Waals surface area contributed by atoms with Gasteiger partial charge in [-0.05, 0) is 37.9 Å². The fraction of sp³-hybridized carbons (Fsp3) is 1.00. The maximum absolute atomic E-state index is 4.00. The van der Waals surface area contributed by atoms with E-state index < -0.39 is 0 Å². The van der Waals surface area contributed by atoms with Gasteiger partial charge in [0.05, 0.1) is 0 Å². The van der Waals surface area contributed by atoms with E-state index in [9.17, 15) is 0 Å². The zero-order valence-electron chi connectivity index (χ0n) is 14.2. The molecule has 2 aliphatic carbocycles. The van der Waals surface area contributed by atoms with E-state index >= 15 is 0 Å². The van der Waals surface area contributed by atoms with Gasteiger partial charge in [-0.15, -0.1) is 0 Å². The first kappa shape index (κ1) is 16.1. The molecule has 3 atom stereocenters. The van der Waals surface area contributed by atoms with E-state index in [2.05, 4.69) is 42.1 Å². The van der Waals surface area contributed by atoms with Gasteiger partial charge in [-0.3, -0.25) is 4.90 Å². The Bertz CT molecular complexity index is 338. The monoisotopic (exact) mass is 310 g/mol. The van der Waals surface area contributed by atoms with Gasteiger partial charge in [-0.1, -0.05) is 39.5 Å². The molecule has 0 radical (unpaired) electrons.